The lowest BCUT2D eigenvalue weighted by molar-refractivity contribution is 0.168. The van der Waals surface area contributed by atoms with E-state index in [4.69, 9.17) is 9.47 Å². The lowest BCUT2D eigenvalue weighted by Crippen LogP contribution is -2.35. The summed E-state index contributed by atoms with van der Waals surface area (Å²) < 4.78 is 23.3. The summed E-state index contributed by atoms with van der Waals surface area (Å²) in [4.78, 5) is 16.5. The van der Waals surface area contributed by atoms with Crippen molar-refractivity contribution < 1.29 is 18.7 Å². The third-order valence-corrected chi connectivity index (χ3v) is 3.76. The van der Waals surface area contributed by atoms with Gasteiger partial charge in [-0.15, -0.1) is 5.10 Å². The number of hydrogen-bond acceptors (Lipinski definition) is 5. The fraction of sp³-hybridized carbons (Fsp3) is 0.235. The summed E-state index contributed by atoms with van der Waals surface area (Å²) in [5.41, 5.74) is 1.41. The zero-order valence-corrected chi connectivity index (χ0v) is 14.2. The van der Waals surface area contributed by atoms with Crippen LogP contribution in [0.2, 0.25) is 0 Å². The summed E-state index contributed by atoms with van der Waals surface area (Å²) >= 11 is 0. The molecule has 1 unspecified atom stereocenters. The van der Waals surface area contributed by atoms with Crippen molar-refractivity contribution in [3.8, 4) is 5.88 Å². The maximum Gasteiger partial charge on any atom is 0.320 e. The standard InChI is InChI=1S/C17H18FN5O3/c1-25-9-14(10-3-5-11(18)6-4-10)20-17(24)21-15-7-13-12(8-19-15)16(26-2)23-22-13/h3-8,14H,9H2,1-2H3,(H,22,23)(H2,19,20,21,24). The number of hydrogen-bond donors (Lipinski definition) is 3. The number of halogens is 1. The molecule has 0 aliphatic carbocycles. The summed E-state index contributed by atoms with van der Waals surface area (Å²) in [6.07, 6.45) is 1.56. The van der Waals surface area contributed by atoms with Crippen LogP contribution in [0.25, 0.3) is 10.9 Å². The van der Waals surface area contributed by atoms with E-state index in [0.717, 1.165) is 5.56 Å². The first-order valence-corrected chi connectivity index (χ1v) is 7.80. The summed E-state index contributed by atoms with van der Waals surface area (Å²) in [7, 11) is 3.04. The number of pyridine rings is 1. The molecule has 9 heteroatoms. The van der Waals surface area contributed by atoms with E-state index in [0.29, 0.717) is 22.6 Å². The summed E-state index contributed by atoms with van der Waals surface area (Å²) in [6, 6.07) is 6.61. The third-order valence-electron chi connectivity index (χ3n) is 3.76. The SMILES string of the molecule is COCC(NC(=O)Nc1cc2[nH]nc(OC)c2cn1)c1ccc(F)cc1. The quantitative estimate of drug-likeness (QED) is 0.628. The number of nitrogens with zero attached hydrogens (tertiary/aromatic N) is 2. The highest BCUT2D eigenvalue weighted by Gasteiger charge is 2.16. The van der Waals surface area contributed by atoms with E-state index in [-0.39, 0.29) is 12.4 Å². The van der Waals surface area contributed by atoms with Crippen LogP contribution in [0.3, 0.4) is 0 Å². The van der Waals surface area contributed by atoms with Crippen molar-refractivity contribution >= 4 is 22.8 Å². The van der Waals surface area contributed by atoms with Crippen LogP contribution in [0.15, 0.2) is 36.5 Å². The van der Waals surface area contributed by atoms with Crippen LogP contribution < -0.4 is 15.4 Å². The molecule has 8 nitrogen and oxygen atoms in total. The first-order valence-electron chi connectivity index (χ1n) is 7.80. The number of benzene rings is 1. The van der Waals surface area contributed by atoms with Crippen molar-refractivity contribution in [1.82, 2.24) is 20.5 Å². The first-order chi connectivity index (χ1) is 12.6. The zero-order valence-electron chi connectivity index (χ0n) is 14.2. The Morgan fingerprint density at radius 3 is 2.77 bits per heavy atom. The van der Waals surface area contributed by atoms with Crippen molar-refractivity contribution in [2.75, 3.05) is 26.1 Å². The van der Waals surface area contributed by atoms with E-state index >= 15 is 0 Å². The molecule has 136 valence electrons. The largest absolute Gasteiger partial charge is 0.479 e. The molecule has 2 aromatic heterocycles. The number of carbonyl (C=O) groups is 1. The van der Waals surface area contributed by atoms with E-state index in [9.17, 15) is 9.18 Å². The number of aromatic amines is 1. The molecular weight excluding hydrogens is 341 g/mol. The molecule has 0 saturated carbocycles. The van der Waals surface area contributed by atoms with Gasteiger partial charge in [0.15, 0.2) is 0 Å². The Morgan fingerprint density at radius 1 is 1.31 bits per heavy atom. The number of amides is 2. The minimum Gasteiger partial charge on any atom is -0.479 e. The summed E-state index contributed by atoms with van der Waals surface area (Å²) in [5.74, 6) is 0.429. The summed E-state index contributed by atoms with van der Waals surface area (Å²) in [5, 5.41) is 12.9. The molecule has 2 heterocycles. The Morgan fingerprint density at radius 2 is 2.08 bits per heavy atom. The van der Waals surface area contributed by atoms with Gasteiger partial charge in [0, 0.05) is 19.4 Å². The summed E-state index contributed by atoms with van der Waals surface area (Å²) in [6.45, 7) is 0.239. The molecular formula is C17H18FN5O3. The molecule has 26 heavy (non-hydrogen) atoms. The van der Waals surface area contributed by atoms with Crippen molar-refractivity contribution in [2.45, 2.75) is 6.04 Å². The van der Waals surface area contributed by atoms with Gasteiger partial charge in [-0.05, 0) is 17.7 Å². The van der Waals surface area contributed by atoms with Crippen molar-refractivity contribution in [1.29, 1.82) is 0 Å². The molecule has 0 aliphatic heterocycles. The molecule has 0 bridgehead atoms. The fourth-order valence-corrected chi connectivity index (χ4v) is 2.51. The number of nitrogens with one attached hydrogen (secondary N) is 3. The second-order valence-electron chi connectivity index (χ2n) is 5.51. The Kier molecular flexibility index (Phi) is 5.28. The highest BCUT2D eigenvalue weighted by Crippen LogP contribution is 2.23. The van der Waals surface area contributed by atoms with Gasteiger partial charge >= 0.3 is 6.03 Å². The van der Waals surface area contributed by atoms with Crippen LogP contribution in [-0.2, 0) is 4.74 Å². The van der Waals surface area contributed by atoms with Crippen molar-refractivity contribution in [3.63, 3.8) is 0 Å². The second-order valence-corrected chi connectivity index (χ2v) is 5.51. The van der Waals surface area contributed by atoms with Crippen molar-refractivity contribution in [3.05, 3.63) is 47.9 Å². The van der Waals surface area contributed by atoms with Gasteiger partial charge in [0.05, 0.1) is 30.7 Å². The lowest BCUT2D eigenvalue weighted by atomic mass is 10.1. The number of urea groups is 1. The average Bonchev–Trinajstić information content (AvgIpc) is 3.04. The molecule has 2 amide bonds. The molecule has 3 N–H and O–H groups in total. The smallest absolute Gasteiger partial charge is 0.320 e. The number of methoxy groups -OCH3 is 2. The molecule has 0 fully saturated rings. The van der Waals surface area contributed by atoms with Gasteiger partial charge in [-0.1, -0.05) is 12.1 Å². The first kappa shape index (κ1) is 17.6. The molecule has 1 aromatic carbocycles. The topological polar surface area (TPSA) is 101 Å². The molecule has 0 radical (unpaired) electrons. The molecule has 1 atom stereocenters. The van der Waals surface area contributed by atoms with Gasteiger partial charge in [-0.3, -0.25) is 10.4 Å². The number of rotatable bonds is 6. The molecule has 0 spiro atoms. The molecule has 3 rings (SSSR count). The van der Waals surface area contributed by atoms with E-state index < -0.39 is 12.1 Å². The average molecular weight is 359 g/mol. The van der Waals surface area contributed by atoms with E-state index in [1.165, 1.54) is 26.4 Å². The lowest BCUT2D eigenvalue weighted by Gasteiger charge is -2.18. The normalized spacial score (nSPS) is 12.0. The maximum absolute atomic E-state index is 13.1. The number of ether oxygens (including phenoxy) is 2. The molecule has 0 saturated heterocycles. The van der Waals surface area contributed by atoms with Crippen LogP contribution in [0.4, 0.5) is 15.0 Å². The van der Waals surface area contributed by atoms with E-state index in [2.05, 4.69) is 25.8 Å². The predicted octanol–water partition coefficient (Wildman–Crippen LogP) is 2.61. The van der Waals surface area contributed by atoms with Crippen LogP contribution in [-0.4, -0.2) is 42.0 Å². The van der Waals surface area contributed by atoms with Crippen LogP contribution in [0.5, 0.6) is 5.88 Å². The monoisotopic (exact) mass is 359 g/mol. The van der Waals surface area contributed by atoms with Gasteiger partial charge in [-0.2, -0.15) is 0 Å². The van der Waals surface area contributed by atoms with Crippen LogP contribution in [0.1, 0.15) is 11.6 Å². The van der Waals surface area contributed by atoms with Gasteiger partial charge < -0.3 is 14.8 Å². The highest BCUT2D eigenvalue weighted by atomic mass is 19.1. The number of fused-ring (bicyclic) bond motifs is 1. The minimum atomic E-state index is -0.463. The third kappa shape index (κ3) is 3.89. The predicted molar refractivity (Wildman–Crippen MR) is 93.6 cm³/mol. The van der Waals surface area contributed by atoms with Gasteiger partial charge in [0.2, 0.25) is 5.88 Å². The number of H-pyrrole nitrogens is 1. The van der Waals surface area contributed by atoms with Gasteiger partial charge in [0.1, 0.15) is 11.6 Å². The Bertz CT molecular complexity index is 897. The Balaban J connectivity index is 1.70. The Labute approximate surface area is 148 Å². The molecule has 3 aromatic rings. The van der Waals surface area contributed by atoms with Crippen LogP contribution >= 0.6 is 0 Å². The fourth-order valence-electron chi connectivity index (χ4n) is 2.51. The molecule has 0 aliphatic rings. The zero-order chi connectivity index (χ0) is 18.5. The highest BCUT2D eigenvalue weighted by molar-refractivity contribution is 5.92. The number of anilines is 1. The van der Waals surface area contributed by atoms with E-state index in [1.54, 1.807) is 24.4 Å². The maximum atomic E-state index is 13.1. The Hall–Kier alpha value is -3.20. The van der Waals surface area contributed by atoms with Gasteiger partial charge in [-0.25, -0.2) is 14.2 Å². The van der Waals surface area contributed by atoms with Crippen molar-refractivity contribution in [2.24, 2.45) is 0 Å². The minimum absolute atomic E-state index is 0.239. The van der Waals surface area contributed by atoms with Gasteiger partial charge in [0.25, 0.3) is 0 Å². The van der Waals surface area contributed by atoms with Crippen LogP contribution in [0, 0.1) is 5.82 Å². The number of aromatic nitrogens is 3. The number of carbonyl (C=O) groups excluding carboxylic acids is 1. The second kappa shape index (κ2) is 7.79. The van der Waals surface area contributed by atoms with E-state index in [1.807, 2.05) is 0 Å².